The maximum Gasteiger partial charge on any atom is 0.175 e. The molecule has 29 heavy (non-hydrogen) atoms. The van der Waals surface area contributed by atoms with Crippen LogP contribution in [0.2, 0.25) is 0 Å². The van der Waals surface area contributed by atoms with Gasteiger partial charge in [-0.25, -0.2) is 0 Å². The molecule has 4 heteroatoms. The van der Waals surface area contributed by atoms with Crippen molar-refractivity contribution in [2.24, 2.45) is 0 Å². The Bertz CT molecular complexity index is 912. The Morgan fingerprint density at radius 2 is 2.14 bits per heavy atom. The molecule has 0 fully saturated rings. The van der Waals surface area contributed by atoms with Crippen molar-refractivity contribution < 1.29 is 9.84 Å². The Hall–Kier alpha value is -2.58. The van der Waals surface area contributed by atoms with Crippen molar-refractivity contribution >= 4 is 10.9 Å². The summed E-state index contributed by atoms with van der Waals surface area (Å²) in [6.45, 7) is 9.04. The molecule has 0 amide bonds. The summed E-state index contributed by atoms with van der Waals surface area (Å²) in [4.78, 5) is 5.35. The second kappa shape index (κ2) is 10.8. The maximum atomic E-state index is 10.3. The van der Waals surface area contributed by atoms with Gasteiger partial charge in [-0.15, -0.1) is 6.42 Å². The van der Waals surface area contributed by atoms with Gasteiger partial charge in [0.15, 0.2) is 5.79 Å². The number of H-pyrrole nitrogens is 1. The molecule has 2 aromatic rings. The number of rotatable bonds is 11. The Balaban J connectivity index is 2.32. The first-order chi connectivity index (χ1) is 13.9. The zero-order chi connectivity index (χ0) is 21.3. The Labute approximate surface area is 174 Å². The van der Waals surface area contributed by atoms with E-state index < -0.39 is 5.79 Å². The minimum Gasteiger partial charge on any atom is -0.365 e. The standard InChI is InChI=1S/C25H32N2O2/c1-6-11-20(8-3)21(14-16-27(15-7-2)19-25(4,28)29-5)17-22-18-26-24-13-10-9-12-23(22)24/h2,6,9-14,18,26,28H,1,8,15-17,19H2,3-5H3/b20-11+,21-14-. The quantitative estimate of drug-likeness (QED) is 0.337. The Morgan fingerprint density at radius 1 is 1.38 bits per heavy atom. The molecule has 1 aromatic carbocycles. The van der Waals surface area contributed by atoms with Gasteiger partial charge in [-0.2, -0.15) is 0 Å². The summed E-state index contributed by atoms with van der Waals surface area (Å²) >= 11 is 0. The molecule has 4 nitrogen and oxygen atoms in total. The highest BCUT2D eigenvalue weighted by Crippen LogP contribution is 2.25. The van der Waals surface area contributed by atoms with Crippen molar-refractivity contribution in [3.8, 4) is 12.3 Å². The van der Waals surface area contributed by atoms with Crippen LogP contribution in [0, 0.1) is 12.3 Å². The molecule has 1 atom stereocenters. The molecule has 0 aliphatic heterocycles. The second-order valence-corrected chi connectivity index (χ2v) is 7.30. The van der Waals surface area contributed by atoms with Crippen LogP contribution in [0.5, 0.6) is 0 Å². The third kappa shape index (κ3) is 6.47. The number of nitrogens with one attached hydrogen (secondary N) is 1. The molecule has 1 aromatic heterocycles. The third-order valence-electron chi connectivity index (χ3n) is 5.04. The SMILES string of the molecule is C#CCN(C/C=C(Cc1c[nH]c2ccccc12)\C(=C\C=C)CC)CC(C)(O)OC. The van der Waals surface area contributed by atoms with Crippen molar-refractivity contribution in [2.45, 2.75) is 32.5 Å². The number of aliphatic hydroxyl groups is 1. The summed E-state index contributed by atoms with van der Waals surface area (Å²) in [5, 5.41) is 11.5. The molecule has 1 unspecified atom stereocenters. The van der Waals surface area contributed by atoms with E-state index >= 15 is 0 Å². The lowest BCUT2D eigenvalue weighted by Gasteiger charge is -2.28. The molecule has 0 aliphatic rings. The molecule has 2 N–H and O–H groups in total. The van der Waals surface area contributed by atoms with Crippen LogP contribution >= 0.6 is 0 Å². The molecule has 0 aliphatic carbocycles. The van der Waals surface area contributed by atoms with Crippen LogP contribution in [0.1, 0.15) is 25.8 Å². The van der Waals surface area contributed by atoms with Crippen molar-refractivity contribution in [1.82, 2.24) is 9.88 Å². The maximum absolute atomic E-state index is 10.3. The molecule has 154 valence electrons. The molecule has 1 heterocycles. The number of ether oxygens (including phenoxy) is 1. The van der Waals surface area contributed by atoms with E-state index in [1.54, 1.807) is 6.92 Å². The molecular formula is C25H32N2O2. The van der Waals surface area contributed by atoms with Crippen LogP contribution < -0.4 is 0 Å². The number of para-hydroxylation sites is 1. The summed E-state index contributed by atoms with van der Waals surface area (Å²) in [5.41, 5.74) is 4.86. The first kappa shape index (κ1) is 22.7. The zero-order valence-corrected chi connectivity index (χ0v) is 17.7. The van der Waals surface area contributed by atoms with Gasteiger partial charge in [-0.05, 0) is 42.5 Å². The molecule has 0 bridgehead atoms. The number of fused-ring (bicyclic) bond motifs is 1. The van der Waals surface area contributed by atoms with Gasteiger partial charge in [-0.1, -0.05) is 55.9 Å². The van der Waals surface area contributed by atoms with Crippen LogP contribution in [-0.4, -0.2) is 47.5 Å². The van der Waals surface area contributed by atoms with Crippen molar-refractivity contribution in [3.63, 3.8) is 0 Å². The molecular weight excluding hydrogens is 360 g/mol. The molecule has 0 spiro atoms. The average molecular weight is 393 g/mol. The van der Waals surface area contributed by atoms with E-state index in [-0.39, 0.29) is 0 Å². The van der Waals surface area contributed by atoms with Crippen molar-refractivity contribution in [3.05, 3.63) is 72.0 Å². The van der Waals surface area contributed by atoms with Crippen molar-refractivity contribution in [1.29, 1.82) is 0 Å². The summed E-state index contributed by atoms with van der Waals surface area (Å²) in [6.07, 6.45) is 15.4. The molecule has 2 rings (SSSR count). The normalized spacial score (nSPS) is 14.8. The minimum absolute atomic E-state index is 0.331. The van der Waals surface area contributed by atoms with E-state index in [1.165, 1.54) is 29.2 Å². The Morgan fingerprint density at radius 3 is 2.79 bits per heavy atom. The lowest BCUT2D eigenvalue weighted by molar-refractivity contribution is -0.180. The van der Waals surface area contributed by atoms with Gasteiger partial charge >= 0.3 is 0 Å². The summed E-state index contributed by atoms with van der Waals surface area (Å²) in [5.74, 6) is 1.43. The van der Waals surface area contributed by atoms with E-state index in [2.05, 4.69) is 61.0 Å². The van der Waals surface area contributed by atoms with Crippen LogP contribution in [-0.2, 0) is 11.2 Å². The van der Waals surface area contributed by atoms with Crippen molar-refractivity contribution in [2.75, 3.05) is 26.7 Å². The first-order valence-corrected chi connectivity index (χ1v) is 9.93. The second-order valence-electron chi connectivity index (χ2n) is 7.30. The van der Waals surface area contributed by atoms with E-state index in [0.717, 1.165) is 18.4 Å². The number of aromatic nitrogens is 1. The highest BCUT2D eigenvalue weighted by Gasteiger charge is 2.22. The van der Waals surface area contributed by atoms with E-state index in [0.29, 0.717) is 19.6 Å². The van der Waals surface area contributed by atoms with Gasteiger partial charge in [0, 0.05) is 30.8 Å². The van der Waals surface area contributed by atoms with Gasteiger partial charge in [0.1, 0.15) is 0 Å². The minimum atomic E-state index is -1.24. The van der Waals surface area contributed by atoms with Crippen LogP contribution in [0.3, 0.4) is 0 Å². The topological polar surface area (TPSA) is 48.5 Å². The number of hydrogen-bond donors (Lipinski definition) is 2. The zero-order valence-electron chi connectivity index (χ0n) is 17.7. The number of nitrogens with zero attached hydrogens (tertiary/aromatic N) is 1. The van der Waals surface area contributed by atoms with Crippen LogP contribution in [0.4, 0.5) is 0 Å². The fraction of sp³-hybridized carbons (Fsp3) is 0.360. The van der Waals surface area contributed by atoms with Gasteiger partial charge in [-0.3, -0.25) is 4.90 Å². The molecule has 0 saturated carbocycles. The smallest absolute Gasteiger partial charge is 0.175 e. The summed E-state index contributed by atoms with van der Waals surface area (Å²) in [6, 6.07) is 8.32. The summed E-state index contributed by atoms with van der Waals surface area (Å²) < 4.78 is 5.16. The van der Waals surface area contributed by atoms with Gasteiger partial charge in [0.05, 0.1) is 13.1 Å². The van der Waals surface area contributed by atoms with Gasteiger partial charge < -0.3 is 14.8 Å². The highest BCUT2D eigenvalue weighted by atomic mass is 16.6. The van der Waals surface area contributed by atoms with E-state index in [4.69, 9.17) is 11.2 Å². The van der Waals surface area contributed by atoms with Gasteiger partial charge in [0.2, 0.25) is 0 Å². The number of allylic oxidation sites excluding steroid dienone is 4. The number of methoxy groups -OCH3 is 1. The predicted octanol–water partition coefficient (Wildman–Crippen LogP) is 4.45. The largest absolute Gasteiger partial charge is 0.365 e. The fourth-order valence-corrected chi connectivity index (χ4v) is 3.43. The van der Waals surface area contributed by atoms with Gasteiger partial charge in [0.25, 0.3) is 0 Å². The monoisotopic (exact) mass is 392 g/mol. The van der Waals surface area contributed by atoms with Crippen LogP contribution in [0.15, 0.2) is 66.4 Å². The lowest BCUT2D eigenvalue weighted by Crippen LogP contribution is -2.42. The van der Waals surface area contributed by atoms with Crippen LogP contribution in [0.25, 0.3) is 10.9 Å². The lowest BCUT2D eigenvalue weighted by atomic mass is 9.95. The third-order valence-corrected chi connectivity index (χ3v) is 5.04. The van der Waals surface area contributed by atoms with E-state index in [1.807, 2.05) is 17.0 Å². The molecule has 0 saturated heterocycles. The number of aromatic amines is 1. The number of hydrogen-bond acceptors (Lipinski definition) is 3. The fourth-order valence-electron chi connectivity index (χ4n) is 3.43. The summed E-state index contributed by atoms with van der Waals surface area (Å²) in [7, 11) is 1.49. The average Bonchev–Trinajstić information content (AvgIpc) is 3.12. The first-order valence-electron chi connectivity index (χ1n) is 9.93. The number of terminal acetylenes is 1. The van der Waals surface area contributed by atoms with E-state index in [9.17, 15) is 5.11 Å². The highest BCUT2D eigenvalue weighted by molar-refractivity contribution is 5.83. The Kier molecular flexibility index (Phi) is 8.48. The number of benzene rings is 1. The molecule has 0 radical (unpaired) electrons. The predicted molar refractivity (Wildman–Crippen MR) is 122 cm³/mol.